The van der Waals surface area contributed by atoms with Crippen LogP contribution in [0.3, 0.4) is 0 Å². The number of aromatic nitrogens is 1. The Labute approximate surface area is 217 Å². The van der Waals surface area contributed by atoms with Crippen LogP contribution in [0.5, 0.6) is 5.75 Å². The lowest BCUT2D eigenvalue weighted by Gasteiger charge is -2.31. The van der Waals surface area contributed by atoms with Crippen LogP contribution < -0.4 is 4.74 Å². The first kappa shape index (κ1) is 25.4. The summed E-state index contributed by atoms with van der Waals surface area (Å²) in [5.41, 5.74) is 5.46. The third-order valence-electron chi connectivity index (χ3n) is 7.90. The van der Waals surface area contributed by atoms with E-state index in [0.717, 1.165) is 47.3 Å². The number of benzene rings is 2. The van der Waals surface area contributed by atoms with E-state index in [2.05, 4.69) is 44.0 Å². The summed E-state index contributed by atoms with van der Waals surface area (Å²) in [5, 5.41) is 9.62. The summed E-state index contributed by atoms with van der Waals surface area (Å²) < 4.78 is 26.2. The van der Waals surface area contributed by atoms with Crippen molar-refractivity contribution in [3.63, 3.8) is 0 Å². The minimum atomic E-state index is -0.702. The summed E-state index contributed by atoms with van der Waals surface area (Å²) in [7, 11) is 1.69. The quantitative estimate of drug-likeness (QED) is 0.381. The molecule has 1 fully saturated rings. The van der Waals surface area contributed by atoms with Crippen LogP contribution in [-0.2, 0) is 28.0 Å². The molecule has 5 nitrogen and oxygen atoms in total. The summed E-state index contributed by atoms with van der Waals surface area (Å²) >= 11 is 0. The van der Waals surface area contributed by atoms with Crippen molar-refractivity contribution in [2.24, 2.45) is 11.3 Å². The van der Waals surface area contributed by atoms with Gasteiger partial charge in [-0.1, -0.05) is 39.0 Å². The fraction of sp³-hybridized carbons (Fsp3) is 0.419. The minimum absolute atomic E-state index is 0.193. The van der Waals surface area contributed by atoms with Gasteiger partial charge in [0.1, 0.15) is 18.2 Å². The molecule has 0 unspecified atom stereocenters. The number of aryl methyl sites for hydroxylation is 1. The maximum absolute atomic E-state index is 14.0. The number of fused-ring (bicyclic) bond motifs is 2. The number of carbonyl (C=O) groups is 1. The Morgan fingerprint density at radius 1 is 1.19 bits per heavy atom. The third-order valence-corrected chi connectivity index (χ3v) is 7.90. The van der Waals surface area contributed by atoms with Crippen LogP contribution in [0.4, 0.5) is 4.39 Å². The van der Waals surface area contributed by atoms with Crippen molar-refractivity contribution in [3.8, 4) is 16.9 Å². The van der Waals surface area contributed by atoms with Crippen molar-refractivity contribution in [2.75, 3.05) is 7.11 Å². The molecular formula is C31H34FNO4. The molecule has 1 aromatic heterocycles. The Hall–Kier alpha value is -3.25. The molecule has 1 saturated carbocycles. The van der Waals surface area contributed by atoms with Crippen LogP contribution in [0, 0.1) is 17.2 Å². The van der Waals surface area contributed by atoms with Gasteiger partial charge >= 0.3 is 5.97 Å². The van der Waals surface area contributed by atoms with Gasteiger partial charge in [-0.15, -0.1) is 0 Å². The molecule has 0 radical (unpaired) electrons. The van der Waals surface area contributed by atoms with Crippen LogP contribution >= 0.6 is 0 Å². The molecule has 6 heteroatoms. The van der Waals surface area contributed by atoms with Crippen LogP contribution in [-0.4, -0.2) is 23.2 Å². The Balaban J connectivity index is 1.44. The van der Waals surface area contributed by atoms with Crippen LogP contribution in [0.15, 0.2) is 54.9 Å². The maximum atomic E-state index is 14.0. The number of aliphatic carboxylic acids is 1. The third kappa shape index (κ3) is 4.87. The molecule has 37 heavy (non-hydrogen) atoms. The molecule has 2 aliphatic rings. The predicted molar refractivity (Wildman–Crippen MR) is 140 cm³/mol. The Morgan fingerprint density at radius 3 is 2.68 bits per heavy atom. The molecular weight excluding hydrogens is 469 g/mol. The van der Waals surface area contributed by atoms with Crippen LogP contribution in [0.25, 0.3) is 11.1 Å². The van der Waals surface area contributed by atoms with E-state index in [1.54, 1.807) is 13.3 Å². The summed E-state index contributed by atoms with van der Waals surface area (Å²) in [6.07, 6.45) is 6.28. The first-order valence-electron chi connectivity index (χ1n) is 12.9. The molecule has 0 bridgehead atoms. The number of carboxylic acids is 1. The van der Waals surface area contributed by atoms with Gasteiger partial charge in [-0.3, -0.25) is 9.78 Å². The van der Waals surface area contributed by atoms with E-state index >= 15 is 0 Å². The summed E-state index contributed by atoms with van der Waals surface area (Å²) in [6, 6.07) is 13.7. The smallest absolute Gasteiger partial charge is 0.307 e. The fourth-order valence-electron chi connectivity index (χ4n) is 6.11. The van der Waals surface area contributed by atoms with Gasteiger partial charge < -0.3 is 14.6 Å². The van der Waals surface area contributed by atoms with Gasteiger partial charge in [0.2, 0.25) is 0 Å². The molecule has 5 rings (SSSR count). The van der Waals surface area contributed by atoms with Crippen molar-refractivity contribution in [2.45, 2.75) is 64.6 Å². The molecule has 1 N–H and O–H groups in total. The molecule has 2 aromatic carbocycles. The predicted octanol–water partition coefficient (Wildman–Crippen LogP) is 6.88. The average Bonchev–Trinajstić information content (AvgIpc) is 3.58. The van der Waals surface area contributed by atoms with Gasteiger partial charge in [0.05, 0.1) is 18.2 Å². The highest BCUT2D eigenvalue weighted by Crippen LogP contribution is 2.60. The van der Waals surface area contributed by atoms with E-state index in [-0.39, 0.29) is 28.7 Å². The minimum Gasteiger partial charge on any atom is -0.489 e. The molecule has 3 atom stereocenters. The highest BCUT2D eigenvalue weighted by Gasteiger charge is 2.60. The number of ether oxygens (including phenoxy) is 2. The Morgan fingerprint density at radius 2 is 2.00 bits per heavy atom. The second-order valence-electron chi connectivity index (χ2n) is 11.5. The summed E-state index contributed by atoms with van der Waals surface area (Å²) in [4.78, 5) is 15.7. The number of methoxy groups -OCH3 is 1. The number of hydrogen-bond donors (Lipinski definition) is 1. The van der Waals surface area contributed by atoms with E-state index in [1.165, 1.54) is 17.8 Å². The van der Waals surface area contributed by atoms with Gasteiger partial charge in [0, 0.05) is 24.3 Å². The molecule has 3 aromatic rings. The van der Waals surface area contributed by atoms with Gasteiger partial charge in [-0.25, -0.2) is 4.39 Å². The number of carboxylic acid groups (broad SMARTS) is 1. The number of halogens is 1. The molecule has 0 amide bonds. The molecule has 0 aliphatic heterocycles. The second kappa shape index (κ2) is 9.56. The van der Waals surface area contributed by atoms with E-state index in [4.69, 9.17) is 9.47 Å². The zero-order valence-corrected chi connectivity index (χ0v) is 21.9. The standard InChI is InChI=1S/C31H34FNO4/c1-30(2,3)28(36-4)25-12-19(7-10-24(25)21-13-22(32)17-33-16-21)18-37-23-9-8-20-6-5-11-31(26(20)14-23)15-27(31)29(34)35/h7-10,12-14,16-17,27-28H,5-6,11,15,18H2,1-4H3,(H,34,35)/t27-,28+,31-/m1/s1. The monoisotopic (exact) mass is 503 g/mol. The van der Waals surface area contributed by atoms with Crippen molar-refractivity contribution in [1.82, 2.24) is 4.98 Å². The highest BCUT2D eigenvalue weighted by molar-refractivity contribution is 5.78. The molecule has 194 valence electrons. The number of hydrogen-bond acceptors (Lipinski definition) is 4. The lowest BCUT2D eigenvalue weighted by molar-refractivity contribution is -0.139. The van der Waals surface area contributed by atoms with Gasteiger partial charge in [-0.05, 0) is 83.2 Å². The van der Waals surface area contributed by atoms with Crippen LogP contribution in [0.2, 0.25) is 0 Å². The number of pyridine rings is 1. The lowest BCUT2D eigenvalue weighted by atomic mass is 9.78. The number of nitrogens with zero attached hydrogens (tertiary/aromatic N) is 1. The molecule has 2 aliphatic carbocycles. The van der Waals surface area contributed by atoms with E-state index in [9.17, 15) is 14.3 Å². The molecule has 0 saturated heterocycles. The van der Waals surface area contributed by atoms with E-state index in [0.29, 0.717) is 18.6 Å². The van der Waals surface area contributed by atoms with Crippen molar-refractivity contribution in [1.29, 1.82) is 0 Å². The van der Waals surface area contributed by atoms with Gasteiger partial charge in [-0.2, -0.15) is 0 Å². The van der Waals surface area contributed by atoms with Crippen molar-refractivity contribution in [3.05, 3.63) is 82.9 Å². The Bertz CT molecular complexity index is 1330. The largest absolute Gasteiger partial charge is 0.489 e. The van der Waals surface area contributed by atoms with Gasteiger partial charge in [0.25, 0.3) is 0 Å². The zero-order valence-electron chi connectivity index (χ0n) is 21.9. The number of rotatable bonds is 7. The maximum Gasteiger partial charge on any atom is 0.307 e. The lowest BCUT2D eigenvalue weighted by Crippen LogP contribution is -2.21. The van der Waals surface area contributed by atoms with E-state index in [1.807, 2.05) is 18.2 Å². The summed E-state index contributed by atoms with van der Waals surface area (Å²) in [5.74, 6) is -0.633. The highest BCUT2D eigenvalue weighted by atomic mass is 19.1. The summed E-state index contributed by atoms with van der Waals surface area (Å²) in [6.45, 7) is 6.69. The second-order valence-corrected chi connectivity index (χ2v) is 11.5. The SMILES string of the molecule is CO[C@@H](c1cc(COc2ccc3c(c2)[C@@]2(CCC3)C[C@@H]2C(=O)O)ccc1-c1cncc(F)c1)C(C)(C)C. The molecule has 1 spiro atoms. The average molecular weight is 504 g/mol. The molecule has 1 heterocycles. The van der Waals surface area contributed by atoms with Gasteiger partial charge in [0.15, 0.2) is 0 Å². The first-order valence-corrected chi connectivity index (χ1v) is 12.9. The fourth-order valence-corrected chi connectivity index (χ4v) is 6.11. The Kier molecular flexibility index (Phi) is 6.57. The first-order chi connectivity index (χ1) is 17.6. The van der Waals surface area contributed by atoms with Crippen LogP contribution in [0.1, 0.15) is 68.4 Å². The normalized spacial score (nSPS) is 21.4. The topological polar surface area (TPSA) is 68.7 Å². The van der Waals surface area contributed by atoms with Crippen molar-refractivity contribution < 1.29 is 23.8 Å². The van der Waals surface area contributed by atoms with E-state index < -0.39 is 5.97 Å². The zero-order chi connectivity index (χ0) is 26.4. The van der Waals surface area contributed by atoms with Crippen molar-refractivity contribution >= 4 is 5.97 Å².